The molecule has 2 fully saturated rings. The van der Waals surface area contributed by atoms with Crippen molar-refractivity contribution in [3.05, 3.63) is 26.4 Å². The van der Waals surface area contributed by atoms with Gasteiger partial charge in [-0.05, 0) is 32.1 Å². The van der Waals surface area contributed by atoms with Crippen molar-refractivity contribution in [2.75, 3.05) is 19.6 Å². The van der Waals surface area contributed by atoms with E-state index in [9.17, 15) is 19.2 Å². The van der Waals surface area contributed by atoms with Gasteiger partial charge in [0, 0.05) is 31.8 Å². The second-order valence-corrected chi connectivity index (χ2v) is 8.34. The molecule has 0 unspecified atom stereocenters. The first kappa shape index (κ1) is 19.7. The van der Waals surface area contributed by atoms with Crippen LogP contribution < -0.4 is 21.3 Å². The third kappa shape index (κ3) is 3.95. The number of ether oxygens (including phenoxy) is 1. The summed E-state index contributed by atoms with van der Waals surface area (Å²) in [7, 11) is 0. The summed E-state index contributed by atoms with van der Waals surface area (Å²) in [5.74, 6) is 0.0511. The fraction of sp³-hybridized carbons (Fsp3) is 0.700. The first-order valence-electron chi connectivity index (χ1n) is 10.6. The summed E-state index contributed by atoms with van der Waals surface area (Å²) in [6, 6.07) is 0. The first-order chi connectivity index (χ1) is 14.0. The van der Waals surface area contributed by atoms with E-state index in [0.29, 0.717) is 31.5 Å². The van der Waals surface area contributed by atoms with Gasteiger partial charge in [-0.2, -0.15) is 0 Å². The lowest BCUT2D eigenvalue weighted by Gasteiger charge is -2.38. The second kappa shape index (κ2) is 8.04. The fourth-order valence-electron chi connectivity index (χ4n) is 5.01. The average Bonchev–Trinajstić information content (AvgIpc) is 2.87. The molecule has 0 aromatic carbocycles. The molecule has 1 saturated heterocycles. The van der Waals surface area contributed by atoms with E-state index in [0.717, 1.165) is 44.9 Å². The number of likely N-dealkylation sites (tertiary alicyclic amines) is 1. The van der Waals surface area contributed by atoms with Crippen LogP contribution in [0.4, 0.5) is 0 Å². The minimum atomic E-state index is -0.580. The van der Waals surface area contributed by atoms with E-state index < -0.39 is 11.3 Å². The van der Waals surface area contributed by atoms with Crippen LogP contribution >= 0.6 is 0 Å². The largest absolute Gasteiger partial charge is 0.471 e. The van der Waals surface area contributed by atoms with Crippen molar-refractivity contribution in [1.29, 1.82) is 0 Å². The predicted octanol–water partition coefficient (Wildman–Crippen LogP) is 0.761. The molecule has 3 heterocycles. The van der Waals surface area contributed by atoms with Crippen molar-refractivity contribution in [1.82, 2.24) is 20.2 Å². The van der Waals surface area contributed by atoms with Crippen LogP contribution in [0.2, 0.25) is 0 Å². The Morgan fingerprint density at radius 3 is 2.86 bits per heavy atom. The molecule has 2 amide bonds. The topological polar surface area (TPSA) is 124 Å². The van der Waals surface area contributed by atoms with Crippen molar-refractivity contribution in [2.24, 2.45) is 0 Å². The van der Waals surface area contributed by atoms with Gasteiger partial charge < -0.3 is 15.0 Å². The number of hydrogen-bond donors (Lipinski definition) is 3. The van der Waals surface area contributed by atoms with Gasteiger partial charge in [0.05, 0.1) is 12.1 Å². The Balaban J connectivity index is 1.39. The quantitative estimate of drug-likeness (QED) is 0.668. The highest BCUT2D eigenvalue weighted by atomic mass is 16.5. The Kier molecular flexibility index (Phi) is 5.47. The number of hydrogen-bond acceptors (Lipinski definition) is 5. The van der Waals surface area contributed by atoms with E-state index in [1.807, 2.05) is 0 Å². The Morgan fingerprint density at radius 2 is 2.00 bits per heavy atom. The van der Waals surface area contributed by atoms with Gasteiger partial charge in [-0.25, -0.2) is 4.79 Å². The monoisotopic (exact) mass is 404 g/mol. The Morgan fingerprint density at radius 1 is 1.14 bits per heavy atom. The number of rotatable bonds is 5. The van der Waals surface area contributed by atoms with Crippen LogP contribution in [0.3, 0.4) is 0 Å². The van der Waals surface area contributed by atoms with E-state index in [-0.39, 0.29) is 35.7 Å². The molecule has 1 aromatic heterocycles. The van der Waals surface area contributed by atoms with Crippen LogP contribution in [0.15, 0.2) is 9.59 Å². The van der Waals surface area contributed by atoms with Crippen molar-refractivity contribution in [3.8, 4) is 5.88 Å². The zero-order valence-electron chi connectivity index (χ0n) is 16.6. The normalized spacial score (nSPS) is 26.3. The molecule has 2 aliphatic heterocycles. The molecule has 0 bridgehead atoms. The maximum Gasteiger partial charge on any atom is 0.328 e. The number of aromatic nitrogens is 2. The van der Waals surface area contributed by atoms with Gasteiger partial charge in [0.1, 0.15) is 5.60 Å². The molecule has 4 rings (SSSR count). The summed E-state index contributed by atoms with van der Waals surface area (Å²) >= 11 is 0. The van der Waals surface area contributed by atoms with Crippen LogP contribution in [0.25, 0.3) is 0 Å². The highest BCUT2D eigenvalue weighted by molar-refractivity contribution is 5.84. The maximum absolute atomic E-state index is 12.4. The van der Waals surface area contributed by atoms with Gasteiger partial charge in [-0.15, -0.1) is 0 Å². The molecule has 0 spiro atoms. The van der Waals surface area contributed by atoms with E-state index >= 15 is 0 Å². The van der Waals surface area contributed by atoms with Gasteiger partial charge in [-0.3, -0.25) is 24.4 Å². The average molecular weight is 404 g/mol. The number of fused-ring (bicyclic) bond motifs is 3. The van der Waals surface area contributed by atoms with Gasteiger partial charge in [0.15, 0.2) is 0 Å². The number of amides is 2. The molecular formula is C20H28N4O5. The van der Waals surface area contributed by atoms with Crippen LogP contribution in [-0.2, 0) is 9.59 Å². The molecule has 3 N–H and O–H groups in total. The minimum absolute atomic E-state index is 0.0429. The molecule has 9 heteroatoms. The molecule has 2 atom stereocenters. The van der Waals surface area contributed by atoms with E-state index in [1.54, 1.807) is 4.90 Å². The SMILES string of the molecule is O=C(CN1CCCCCC1=O)NCC[C@@]12CCCC[C@@H]1c1c([nH]c(=O)[nH]c1=O)O2. The molecule has 1 aliphatic carbocycles. The molecule has 0 radical (unpaired) electrons. The Bertz CT molecular complexity index is 907. The van der Waals surface area contributed by atoms with Gasteiger partial charge in [0.25, 0.3) is 5.56 Å². The third-order valence-corrected chi connectivity index (χ3v) is 6.45. The molecular weight excluding hydrogens is 376 g/mol. The zero-order valence-corrected chi connectivity index (χ0v) is 16.6. The van der Waals surface area contributed by atoms with Crippen molar-refractivity contribution >= 4 is 11.8 Å². The highest BCUT2D eigenvalue weighted by Gasteiger charge is 2.51. The number of nitrogens with one attached hydrogen (secondary N) is 3. The third-order valence-electron chi connectivity index (χ3n) is 6.45. The fourth-order valence-corrected chi connectivity index (χ4v) is 5.01. The minimum Gasteiger partial charge on any atom is -0.471 e. The van der Waals surface area contributed by atoms with E-state index in [1.165, 1.54) is 0 Å². The number of nitrogens with zero attached hydrogens (tertiary/aromatic N) is 1. The highest BCUT2D eigenvalue weighted by Crippen LogP contribution is 2.51. The summed E-state index contributed by atoms with van der Waals surface area (Å²) < 4.78 is 6.13. The van der Waals surface area contributed by atoms with Crippen molar-refractivity contribution in [3.63, 3.8) is 0 Å². The standard InChI is InChI=1S/C20H28N4O5/c25-14(12-24-11-5-1-2-7-15(24)26)21-10-9-20-8-4-3-6-13(20)16-17(27)22-19(28)23-18(16)29-20/h13H,1-12H2,(H,21,25)(H2,22,23,27,28)/t13-,20+/m1/s1. The molecule has 1 saturated carbocycles. The van der Waals surface area contributed by atoms with Crippen LogP contribution in [0.1, 0.15) is 69.3 Å². The maximum atomic E-state index is 12.4. The molecule has 29 heavy (non-hydrogen) atoms. The molecule has 1 aromatic rings. The summed E-state index contributed by atoms with van der Waals surface area (Å²) in [6.45, 7) is 1.11. The number of carbonyl (C=O) groups is 2. The summed E-state index contributed by atoms with van der Waals surface area (Å²) in [6.07, 6.45) is 7.46. The molecule has 9 nitrogen and oxygen atoms in total. The number of H-pyrrole nitrogens is 2. The van der Waals surface area contributed by atoms with Gasteiger partial charge >= 0.3 is 5.69 Å². The summed E-state index contributed by atoms with van der Waals surface area (Å²) in [5.41, 5.74) is -1.02. The summed E-state index contributed by atoms with van der Waals surface area (Å²) in [4.78, 5) is 54.9. The lowest BCUT2D eigenvalue weighted by Crippen LogP contribution is -2.46. The van der Waals surface area contributed by atoms with Crippen molar-refractivity contribution < 1.29 is 14.3 Å². The predicted molar refractivity (Wildman–Crippen MR) is 105 cm³/mol. The molecule has 158 valence electrons. The molecule has 3 aliphatic rings. The lowest BCUT2D eigenvalue weighted by molar-refractivity contribution is -0.135. The van der Waals surface area contributed by atoms with E-state index in [4.69, 9.17) is 4.74 Å². The van der Waals surface area contributed by atoms with Crippen LogP contribution in [0, 0.1) is 0 Å². The Hall–Kier alpha value is -2.58. The smallest absolute Gasteiger partial charge is 0.328 e. The number of carbonyl (C=O) groups excluding carboxylic acids is 2. The van der Waals surface area contributed by atoms with Gasteiger partial charge in [-0.1, -0.05) is 12.8 Å². The summed E-state index contributed by atoms with van der Waals surface area (Å²) in [5, 5.41) is 2.91. The second-order valence-electron chi connectivity index (χ2n) is 8.34. The Labute approximate surface area is 168 Å². The number of aromatic amines is 2. The zero-order chi connectivity index (χ0) is 20.4. The van der Waals surface area contributed by atoms with Crippen molar-refractivity contribution in [2.45, 2.75) is 69.3 Å². The first-order valence-corrected chi connectivity index (χ1v) is 10.6. The van der Waals surface area contributed by atoms with Gasteiger partial charge in [0.2, 0.25) is 17.7 Å². The lowest BCUT2D eigenvalue weighted by atomic mass is 9.72. The van der Waals surface area contributed by atoms with Crippen LogP contribution in [0.5, 0.6) is 5.88 Å². The van der Waals surface area contributed by atoms with Crippen LogP contribution in [-0.4, -0.2) is 51.9 Å². The van der Waals surface area contributed by atoms with E-state index in [2.05, 4.69) is 15.3 Å².